The Labute approximate surface area is 101 Å². The van der Waals surface area contributed by atoms with E-state index in [-0.39, 0.29) is 11.9 Å². The zero-order valence-electron chi connectivity index (χ0n) is 10.4. The molecule has 1 aromatic heterocycles. The number of nitrogens with zero attached hydrogens (tertiary/aromatic N) is 1. The van der Waals surface area contributed by atoms with Crippen LogP contribution < -0.4 is 11.1 Å². The standard InChI is InChI=1S/C13H19N3O/c1-8(2)16-7-6-11(12(16)14)13(17)15-9(3)10-4-5-10/h6-7,9-10H,1,4-5,14H2,2-3H3,(H,15,17). The third-order valence-corrected chi connectivity index (χ3v) is 3.27. The van der Waals surface area contributed by atoms with Gasteiger partial charge in [0.05, 0.1) is 5.56 Å². The minimum atomic E-state index is -0.0955. The molecule has 17 heavy (non-hydrogen) atoms. The number of aromatic nitrogens is 1. The summed E-state index contributed by atoms with van der Waals surface area (Å²) in [6, 6.07) is 1.97. The van der Waals surface area contributed by atoms with Gasteiger partial charge in [-0.05, 0) is 38.7 Å². The summed E-state index contributed by atoms with van der Waals surface area (Å²) in [6.07, 6.45) is 4.20. The van der Waals surface area contributed by atoms with Gasteiger partial charge < -0.3 is 15.6 Å². The van der Waals surface area contributed by atoms with Gasteiger partial charge in [0.2, 0.25) is 0 Å². The van der Waals surface area contributed by atoms with Crippen LogP contribution in [0.25, 0.3) is 5.70 Å². The van der Waals surface area contributed by atoms with Crippen LogP contribution in [0.3, 0.4) is 0 Å². The Balaban J connectivity index is 2.10. The molecule has 1 fully saturated rings. The average Bonchev–Trinajstić information content (AvgIpc) is 3.01. The summed E-state index contributed by atoms with van der Waals surface area (Å²) in [5, 5.41) is 2.99. The molecule has 4 nitrogen and oxygen atoms in total. The second-order valence-electron chi connectivity index (χ2n) is 4.82. The Morgan fingerprint density at radius 3 is 2.76 bits per heavy atom. The highest BCUT2D eigenvalue weighted by Crippen LogP contribution is 2.32. The highest BCUT2D eigenvalue weighted by atomic mass is 16.1. The van der Waals surface area contributed by atoms with Gasteiger partial charge in [-0.2, -0.15) is 0 Å². The number of nitrogen functional groups attached to an aromatic ring is 1. The highest BCUT2D eigenvalue weighted by molar-refractivity contribution is 5.99. The van der Waals surface area contributed by atoms with Gasteiger partial charge in [0, 0.05) is 17.9 Å². The van der Waals surface area contributed by atoms with Crippen molar-refractivity contribution < 1.29 is 4.79 Å². The van der Waals surface area contributed by atoms with E-state index in [2.05, 4.69) is 11.9 Å². The average molecular weight is 233 g/mol. The third kappa shape index (κ3) is 2.35. The van der Waals surface area contributed by atoms with E-state index in [9.17, 15) is 4.79 Å². The van der Waals surface area contributed by atoms with Crippen molar-refractivity contribution in [1.29, 1.82) is 0 Å². The van der Waals surface area contributed by atoms with E-state index in [1.54, 1.807) is 16.8 Å². The number of nitrogens with two attached hydrogens (primary N) is 1. The minimum absolute atomic E-state index is 0.0955. The second-order valence-corrected chi connectivity index (χ2v) is 4.82. The zero-order valence-corrected chi connectivity index (χ0v) is 10.4. The number of carbonyl (C=O) groups excluding carboxylic acids is 1. The molecule has 92 valence electrons. The summed E-state index contributed by atoms with van der Waals surface area (Å²) < 4.78 is 1.72. The molecule has 1 aliphatic rings. The number of amides is 1. The molecule has 0 aromatic carbocycles. The summed E-state index contributed by atoms with van der Waals surface area (Å²) in [4.78, 5) is 12.0. The number of allylic oxidation sites excluding steroid dienone is 1. The molecule has 2 rings (SSSR count). The smallest absolute Gasteiger partial charge is 0.255 e. The quantitative estimate of drug-likeness (QED) is 0.836. The van der Waals surface area contributed by atoms with Crippen molar-refractivity contribution in [2.75, 3.05) is 5.73 Å². The lowest BCUT2D eigenvalue weighted by molar-refractivity contribution is 0.0937. The molecule has 1 aromatic rings. The van der Waals surface area contributed by atoms with Crippen LogP contribution in [0.5, 0.6) is 0 Å². The van der Waals surface area contributed by atoms with Crippen LogP contribution >= 0.6 is 0 Å². The molecule has 0 saturated heterocycles. The zero-order chi connectivity index (χ0) is 12.6. The summed E-state index contributed by atoms with van der Waals surface area (Å²) in [5.74, 6) is 1.00. The molecule has 0 aliphatic heterocycles. The van der Waals surface area contributed by atoms with Crippen molar-refractivity contribution in [3.63, 3.8) is 0 Å². The first kappa shape index (κ1) is 11.8. The molecule has 1 heterocycles. The molecule has 1 atom stereocenters. The summed E-state index contributed by atoms with van der Waals surface area (Å²) in [5.41, 5.74) is 7.24. The molecular formula is C13H19N3O. The van der Waals surface area contributed by atoms with Crippen molar-refractivity contribution in [2.45, 2.75) is 32.7 Å². The lowest BCUT2D eigenvalue weighted by Gasteiger charge is -2.12. The van der Waals surface area contributed by atoms with E-state index in [4.69, 9.17) is 5.73 Å². The highest BCUT2D eigenvalue weighted by Gasteiger charge is 2.29. The van der Waals surface area contributed by atoms with Gasteiger partial charge in [0.1, 0.15) is 5.82 Å². The molecular weight excluding hydrogens is 214 g/mol. The summed E-state index contributed by atoms with van der Waals surface area (Å²) in [6.45, 7) is 7.70. The van der Waals surface area contributed by atoms with E-state index in [1.807, 2.05) is 13.8 Å². The predicted octanol–water partition coefficient (Wildman–Crippen LogP) is 2.09. The van der Waals surface area contributed by atoms with E-state index in [0.717, 1.165) is 5.70 Å². The Morgan fingerprint density at radius 2 is 2.29 bits per heavy atom. The van der Waals surface area contributed by atoms with Gasteiger partial charge in [-0.1, -0.05) is 6.58 Å². The molecule has 0 spiro atoms. The van der Waals surface area contributed by atoms with Crippen molar-refractivity contribution in [3.05, 3.63) is 24.4 Å². The van der Waals surface area contributed by atoms with Crippen molar-refractivity contribution in [1.82, 2.24) is 9.88 Å². The van der Waals surface area contributed by atoms with Crippen molar-refractivity contribution in [3.8, 4) is 0 Å². The van der Waals surface area contributed by atoms with Crippen LogP contribution in [-0.2, 0) is 0 Å². The molecule has 0 bridgehead atoms. The number of rotatable bonds is 4. The number of hydrogen-bond acceptors (Lipinski definition) is 2. The lowest BCUT2D eigenvalue weighted by atomic mass is 10.2. The fourth-order valence-electron chi connectivity index (χ4n) is 1.97. The third-order valence-electron chi connectivity index (χ3n) is 3.27. The Hall–Kier alpha value is -1.71. The first-order valence-corrected chi connectivity index (χ1v) is 5.94. The maximum Gasteiger partial charge on any atom is 0.255 e. The predicted molar refractivity (Wildman–Crippen MR) is 69.5 cm³/mol. The largest absolute Gasteiger partial charge is 0.384 e. The maximum atomic E-state index is 12.0. The monoisotopic (exact) mass is 233 g/mol. The van der Waals surface area contributed by atoms with Gasteiger partial charge in [0.25, 0.3) is 5.91 Å². The van der Waals surface area contributed by atoms with E-state index >= 15 is 0 Å². The SMILES string of the molecule is C=C(C)n1ccc(C(=O)NC(C)C2CC2)c1N. The van der Waals surface area contributed by atoms with Crippen LogP contribution in [0.2, 0.25) is 0 Å². The number of carbonyl (C=O) groups is 1. The van der Waals surface area contributed by atoms with Gasteiger partial charge in [-0.3, -0.25) is 4.79 Å². The maximum absolute atomic E-state index is 12.0. The Morgan fingerprint density at radius 1 is 1.65 bits per heavy atom. The fraction of sp³-hybridized carbons (Fsp3) is 0.462. The topological polar surface area (TPSA) is 60.0 Å². The fourth-order valence-corrected chi connectivity index (χ4v) is 1.97. The van der Waals surface area contributed by atoms with Gasteiger partial charge >= 0.3 is 0 Å². The normalized spacial score (nSPS) is 16.6. The van der Waals surface area contributed by atoms with Gasteiger partial charge in [-0.25, -0.2) is 0 Å². The lowest BCUT2D eigenvalue weighted by Crippen LogP contribution is -2.34. The van der Waals surface area contributed by atoms with E-state index < -0.39 is 0 Å². The van der Waals surface area contributed by atoms with Crippen LogP contribution in [0.1, 0.15) is 37.0 Å². The molecule has 1 amide bonds. The minimum Gasteiger partial charge on any atom is -0.384 e. The first-order chi connectivity index (χ1) is 8.00. The molecule has 1 aliphatic carbocycles. The molecule has 4 heteroatoms. The summed E-state index contributed by atoms with van der Waals surface area (Å²) in [7, 11) is 0. The molecule has 0 radical (unpaired) electrons. The Kier molecular flexibility index (Phi) is 2.96. The number of hydrogen-bond donors (Lipinski definition) is 2. The number of nitrogens with one attached hydrogen (secondary N) is 1. The van der Waals surface area contributed by atoms with Crippen LogP contribution in [0.4, 0.5) is 5.82 Å². The van der Waals surface area contributed by atoms with Crippen LogP contribution in [0, 0.1) is 5.92 Å². The van der Waals surface area contributed by atoms with Crippen molar-refractivity contribution in [2.24, 2.45) is 5.92 Å². The van der Waals surface area contributed by atoms with Gasteiger partial charge in [0.15, 0.2) is 0 Å². The second kappa shape index (κ2) is 4.28. The Bertz CT molecular complexity index is 457. The van der Waals surface area contributed by atoms with E-state index in [0.29, 0.717) is 17.3 Å². The van der Waals surface area contributed by atoms with Crippen LogP contribution in [-0.4, -0.2) is 16.5 Å². The molecule has 3 N–H and O–H groups in total. The van der Waals surface area contributed by atoms with Crippen molar-refractivity contribution >= 4 is 17.4 Å². The number of anilines is 1. The first-order valence-electron chi connectivity index (χ1n) is 5.94. The van der Waals surface area contributed by atoms with Gasteiger partial charge in [-0.15, -0.1) is 0 Å². The van der Waals surface area contributed by atoms with Crippen LogP contribution in [0.15, 0.2) is 18.8 Å². The molecule has 1 unspecified atom stereocenters. The van der Waals surface area contributed by atoms with E-state index in [1.165, 1.54) is 12.8 Å². The summed E-state index contributed by atoms with van der Waals surface area (Å²) >= 11 is 0. The molecule has 1 saturated carbocycles.